The van der Waals surface area contributed by atoms with E-state index in [2.05, 4.69) is 4.72 Å². The third kappa shape index (κ3) is 5.46. The first kappa shape index (κ1) is 16.4. The van der Waals surface area contributed by atoms with Crippen LogP contribution >= 0.6 is 0 Å². The Hall–Kier alpha value is -0.660. The number of hydrogen-bond donors (Lipinski definition) is 2. The molecule has 0 aromatic heterocycles. The van der Waals surface area contributed by atoms with Crippen molar-refractivity contribution in [2.75, 3.05) is 13.1 Å². The van der Waals surface area contributed by atoms with E-state index in [1.807, 2.05) is 13.8 Å². The quantitative estimate of drug-likeness (QED) is 0.665. The molecule has 1 atom stereocenters. The fourth-order valence-corrected chi connectivity index (χ4v) is 3.36. The highest BCUT2D eigenvalue weighted by molar-refractivity contribution is 7.87. The smallest absolute Gasteiger partial charge is 0.321 e. The minimum Gasteiger partial charge on any atom is -0.480 e. The maximum Gasteiger partial charge on any atom is 0.321 e. The van der Waals surface area contributed by atoms with Crippen LogP contribution in [-0.2, 0) is 15.0 Å². The standard InChI is InChI=1S/C12H24N2O4S/c1-4-14(8-10-5-6-10)19(17,18)13-11(12(15)16)7-9(2)3/h9-11,13H,4-8H2,1-3H3,(H,15,16)/t11-/m1/s1. The molecule has 0 amide bonds. The van der Waals surface area contributed by atoms with E-state index in [1.54, 1.807) is 6.92 Å². The summed E-state index contributed by atoms with van der Waals surface area (Å²) < 4.78 is 28.0. The second-order valence-electron chi connectivity index (χ2n) is 5.54. The lowest BCUT2D eigenvalue weighted by atomic mass is 10.1. The number of aliphatic carboxylic acids is 1. The Balaban J connectivity index is 2.70. The molecule has 0 aliphatic heterocycles. The van der Waals surface area contributed by atoms with Crippen LogP contribution in [0.1, 0.15) is 40.0 Å². The topological polar surface area (TPSA) is 86.7 Å². The van der Waals surface area contributed by atoms with Gasteiger partial charge in [0.05, 0.1) is 0 Å². The molecule has 0 radical (unpaired) electrons. The van der Waals surface area contributed by atoms with Gasteiger partial charge < -0.3 is 5.11 Å². The summed E-state index contributed by atoms with van der Waals surface area (Å²) in [7, 11) is -3.71. The molecule has 0 unspecified atom stereocenters. The van der Waals surface area contributed by atoms with Gasteiger partial charge in [0.1, 0.15) is 6.04 Å². The van der Waals surface area contributed by atoms with Gasteiger partial charge in [-0.05, 0) is 31.1 Å². The molecule has 7 heteroatoms. The van der Waals surface area contributed by atoms with Crippen molar-refractivity contribution in [3.05, 3.63) is 0 Å². The molecule has 0 aromatic carbocycles. The number of nitrogens with one attached hydrogen (secondary N) is 1. The highest BCUT2D eigenvalue weighted by Gasteiger charge is 2.32. The van der Waals surface area contributed by atoms with Crippen LogP contribution in [0.4, 0.5) is 0 Å². The molecular formula is C12H24N2O4S. The Kier molecular flexibility index (Phi) is 5.76. The van der Waals surface area contributed by atoms with Gasteiger partial charge >= 0.3 is 5.97 Å². The lowest BCUT2D eigenvalue weighted by Gasteiger charge is -2.24. The lowest BCUT2D eigenvalue weighted by Crippen LogP contribution is -2.49. The normalized spacial score (nSPS) is 17.9. The molecule has 1 saturated carbocycles. The van der Waals surface area contributed by atoms with Crippen LogP contribution in [0.5, 0.6) is 0 Å². The fraction of sp³-hybridized carbons (Fsp3) is 0.917. The van der Waals surface area contributed by atoms with Crippen molar-refractivity contribution in [2.24, 2.45) is 11.8 Å². The summed E-state index contributed by atoms with van der Waals surface area (Å²) in [5, 5.41) is 9.09. The largest absolute Gasteiger partial charge is 0.480 e. The zero-order chi connectivity index (χ0) is 14.6. The first-order valence-electron chi connectivity index (χ1n) is 6.76. The summed E-state index contributed by atoms with van der Waals surface area (Å²) >= 11 is 0. The Morgan fingerprint density at radius 3 is 2.37 bits per heavy atom. The number of rotatable bonds is 9. The number of carboxylic acid groups (broad SMARTS) is 1. The van der Waals surface area contributed by atoms with E-state index >= 15 is 0 Å². The minimum absolute atomic E-state index is 0.113. The number of carbonyl (C=O) groups is 1. The molecule has 1 rings (SSSR count). The lowest BCUT2D eigenvalue weighted by molar-refractivity contribution is -0.139. The van der Waals surface area contributed by atoms with Gasteiger partial charge in [-0.3, -0.25) is 4.79 Å². The SMILES string of the molecule is CCN(CC1CC1)S(=O)(=O)N[C@H](CC(C)C)C(=O)O. The van der Waals surface area contributed by atoms with Crippen molar-refractivity contribution in [3.63, 3.8) is 0 Å². The van der Waals surface area contributed by atoms with E-state index < -0.39 is 22.2 Å². The van der Waals surface area contributed by atoms with Gasteiger partial charge in [0, 0.05) is 13.1 Å². The zero-order valence-electron chi connectivity index (χ0n) is 11.8. The summed E-state index contributed by atoms with van der Waals surface area (Å²) in [5.41, 5.74) is 0. The zero-order valence-corrected chi connectivity index (χ0v) is 12.6. The molecule has 6 nitrogen and oxygen atoms in total. The maximum atomic E-state index is 12.2. The van der Waals surface area contributed by atoms with E-state index in [9.17, 15) is 13.2 Å². The second-order valence-corrected chi connectivity index (χ2v) is 7.24. The predicted octanol–water partition coefficient (Wildman–Crippen LogP) is 1.05. The van der Waals surface area contributed by atoms with E-state index in [1.165, 1.54) is 4.31 Å². The molecule has 0 bridgehead atoms. The maximum absolute atomic E-state index is 12.2. The molecule has 1 aliphatic carbocycles. The average molecular weight is 292 g/mol. The van der Waals surface area contributed by atoms with Gasteiger partial charge in [-0.15, -0.1) is 0 Å². The number of hydrogen-bond acceptors (Lipinski definition) is 3. The molecule has 1 aliphatic rings. The van der Waals surface area contributed by atoms with Crippen LogP contribution in [0.15, 0.2) is 0 Å². The van der Waals surface area contributed by atoms with Gasteiger partial charge in [0.2, 0.25) is 0 Å². The van der Waals surface area contributed by atoms with E-state index in [0.29, 0.717) is 19.0 Å². The summed E-state index contributed by atoms with van der Waals surface area (Å²) in [6, 6.07) is -1.06. The molecule has 0 spiro atoms. The van der Waals surface area contributed by atoms with Crippen LogP contribution in [0.25, 0.3) is 0 Å². The van der Waals surface area contributed by atoms with Crippen LogP contribution in [0, 0.1) is 11.8 Å². The van der Waals surface area contributed by atoms with E-state index in [4.69, 9.17) is 5.11 Å². The van der Waals surface area contributed by atoms with Gasteiger partial charge in [-0.1, -0.05) is 20.8 Å². The fourth-order valence-electron chi connectivity index (χ4n) is 1.91. The van der Waals surface area contributed by atoms with Crippen LogP contribution in [0.2, 0.25) is 0 Å². The molecular weight excluding hydrogens is 268 g/mol. The Bertz CT molecular complexity index is 404. The highest BCUT2D eigenvalue weighted by atomic mass is 32.2. The van der Waals surface area contributed by atoms with Crippen LogP contribution in [-0.4, -0.2) is 42.9 Å². The van der Waals surface area contributed by atoms with Crippen molar-refractivity contribution in [1.29, 1.82) is 0 Å². The molecule has 0 heterocycles. The average Bonchev–Trinajstić information content (AvgIpc) is 3.07. The van der Waals surface area contributed by atoms with Crippen LogP contribution < -0.4 is 4.72 Å². The van der Waals surface area contributed by atoms with Gasteiger partial charge in [0.25, 0.3) is 10.2 Å². The summed E-state index contributed by atoms with van der Waals surface area (Å²) in [5.74, 6) is -0.577. The summed E-state index contributed by atoms with van der Waals surface area (Å²) in [6.07, 6.45) is 2.40. The van der Waals surface area contributed by atoms with Crippen molar-refractivity contribution in [2.45, 2.75) is 46.1 Å². The molecule has 19 heavy (non-hydrogen) atoms. The van der Waals surface area contributed by atoms with Crippen molar-refractivity contribution < 1.29 is 18.3 Å². The monoisotopic (exact) mass is 292 g/mol. The molecule has 2 N–H and O–H groups in total. The minimum atomic E-state index is -3.71. The van der Waals surface area contributed by atoms with Gasteiger partial charge in [-0.25, -0.2) is 0 Å². The third-order valence-corrected chi connectivity index (χ3v) is 4.82. The van der Waals surface area contributed by atoms with E-state index in [0.717, 1.165) is 12.8 Å². The first-order chi connectivity index (χ1) is 8.76. The second kappa shape index (κ2) is 6.67. The third-order valence-electron chi connectivity index (χ3n) is 3.15. The van der Waals surface area contributed by atoms with Crippen LogP contribution in [0.3, 0.4) is 0 Å². The highest BCUT2D eigenvalue weighted by Crippen LogP contribution is 2.30. The molecule has 0 aromatic rings. The Morgan fingerprint density at radius 2 is 2.00 bits per heavy atom. The number of nitrogens with zero attached hydrogens (tertiary/aromatic N) is 1. The van der Waals surface area contributed by atoms with Crippen molar-refractivity contribution >= 4 is 16.2 Å². The summed E-state index contributed by atoms with van der Waals surface area (Å²) in [6.45, 7) is 6.34. The van der Waals surface area contributed by atoms with Crippen molar-refractivity contribution in [3.8, 4) is 0 Å². The molecule has 1 fully saturated rings. The van der Waals surface area contributed by atoms with Gasteiger partial charge in [-0.2, -0.15) is 17.4 Å². The summed E-state index contributed by atoms with van der Waals surface area (Å²) in [4.78, 5) is 11.1. The number of carboxylic acids is 1. The molecule has 0 saturated heterocycles. The van der Waals surface area contributed by atoms with Crippen molar-refractivity contribution in [1.82, 2.24) is 9.03 Å². The first-order valence-corrected chi connectivity index (χ1v) is 8.20. The predicted molar refractivity (Wildman–Crippen MR) is 72.9 cm³/mol. The van der Waals surface area contributed by atoms with E-state index in [-0.39, 0.29) is 12.3 Å². The molecule has 112 valence electrons. The van der Waals surface area contributed by atoms with Gasteiger partial charge in [0.15, 0.2) is 0 Å². The Labute approximate surface area is 115 Å². The Morgan fingerprint density at radius 1 is 1.42 bits per heavy atom.